The molecule has 11 heteroatoms. The number of rotatable bonds is 6. The van der Waals surface area contributed by atoms with Gasteiger partial charge in [0.1, 0.15) is 16.8 Å². The van der Waals surface area contributed by atoms with Crippen LogP contribution >= 0.6 is 23.2 Å². The normalized spacial score (nSPS) is 11.1. The molecule has 0 aliphatic heterocycles. The number of aromatic nitrogens is 4. The van der Waals surface area contributed by atoms with E-state index in [1.54, 1.807) is 31.2 Å². The molecule has 0 bridgehead atoms. The maximum atomic E-state index is 14.5. The summed E-state index contributed by atoms with van der Waals surface area (Å²) in [4.78, 5) is 16.7. The number of nitrogens with one attached hydrogen (secondary N) is 2. The number of anilines is 3. The molecule has 0 aliphatic carbocycles. The molecule has 4 aromatic rings. The van der Waals surface area contributed by atoms with E-state index in [2.05, 4.69) is 35.8 Å². The lowest BCUT2D eigenvalue weighted by Gasteiger charge is -2.10. The molecule has 0 aliphatic rings. The van der Waals surface area contributed by atoms with Crippen molar-refractivity contribution in [3.63, 3.8) is 0 Å². The van der Waals surface area contributed by atoms with Crippen LogP contribution in [0, 0.1) is 18.6 Å². The Balaban J connectivity index is 1.68. The fourth-order valence-electron chi connectivity index (χ4n) is 2.74. The first-order chi connectivity index (χ1) is 15.9. The van der Waals surface area contributed by atoms with Crippen LogP contribution in [-0.2, 0) is 0 Å². The minimum absolute atomic E-state index is 0.00600. The Morgan fingerprint density at radius 3 is 2.48 bits per heavy atom. The van der Waals surface area contributed by atoms with Crippen LogP contribution in [0.2, 0.25) is 10.2 Å². The van der Waals surface area contributed by atoms with Crippen LogP contribution < -0.4 is 10.7 Å². The molecule has 2 aromatic carbocycles. The predicted octanol–water partition coefficient (Wildman–Crippen LogP) is 6.02. The minimum atomic E-state index is -0.600. The molecule has 166 valence electrons. The standard InChI is InChI=1S/C22H15Cl2F2N7/c1-12-5-6-13(9-17(12)26)10-28-33-22-31-20(19-15(23)3-2-4-16(19)25)30-21(32-22)29-14-7-8-18(24)27-11-14/h2-11H,1H3,(H2,29,30,31,32,33)/b28-10+. The van der Waals surface area contributed by atoms with Crippen molar-refractivity contribution in [1.82, 2.24) is 19.9 Å². The smallest absolute Gasteiger partial charge is 0.248 e. The van der Waals surface area contributed by atoms with Gasteiger partial charge in [-0.05, 0) is 48.4 Å². The predicted molar refractivity (Wildman–Crippen MR) is 125 cm³/mol. The lowest BCUT2D eigenvalue weighted by atomic mass is 10.1. The highest BCUT2D eigenvalue weighted by molar-refractivity contribution is 6.33. The van der Waals surface area contributed by atoms with E-state index in [4.69, 9.17) is 23.2 Å². The van der Waals surface area contributed by atoms with Crippen molar-refractivity contribution in [2.45, 2.75) is 6.92 Å². The van der Waals surface area contributed by atoms with Crippen molar-refractivity contribution >= 4 is 47.0 Å². The Labute approximate surface area is 197 Å². The number of benzene rings is 2. The van der Waals surface area contributed by atoms with E-state index in [-0.39, 0.29) is 34.1 Å². The van der Waals surface area contributed by atoms with Gasteiger partial charge in [-0.1, -0.05) is 41.4 Å². The fourth-order valence-corrected chi connectivity index (χ4v) is 3.10. The number of hydrogen-bond acceptors (Lipinski definition) is 7. The molecule has 0 spiro atoms. The number of aryl methyl sites for hydroxylation is 1. The monoisotopic (exact) mass is 485 g/mol. The molecule has 7 nitrogen and oxygen atoms in total. The summed E-state index contributed by atoms with van der Waals surface area (Å²) in [6.45, 7) is 1.67. The van der Waals surface area contributed by atoms with Gasteiger partial charge in [0.2, 0.25) is 11.9 Å². The Kier molecular flexibility index (Phi) is 6.71. The van der Waals surface area contributed by atoms with Gasteiger partial charge < -0.3 is 5.32 Å². The van der Waals surface area contributed by atoms with E-state index < -0.39 is 5.82 Å². The second kappa shape index (κ2) is 9.85. The highest BCUT2D eigenvalue weighted by Crippen LogP contribution is 2.29. The second-order valence-electron chi connectivity index (χ2n) is 6.78. The quantitative estimate of drug-likeness (QED) is 0.197. The minimum Gasteiger partial charge on any atom is -0.323 e. The molecule has 0 radical (unpaired) electrons. The van der Waals surface area contributed by atoms with Crippen LogP contribution in [-0.4, -0.2) is 26.2 Å². The maximum Gasteiger partial charge on any atom is 0.248 e. The van der Waals surface area contributed by atoms with Gasteiger partial charge in [0.25, 0.3) is 0 Å². The molecule has 0 atom stereocenters. The second-order valence-corrected chi connectivity index (χ2v) is 7.57. The Bertz CT molecular complexity index is 1310. The summed E-state index contributed by atoms with van der Waals surface area (Å²) in [5, 5.41) is 7.44. The molecular formula is C22H15Cl2F2N7. The Hall–Kier alpha value is -3.69. The third-order valence-electron chi connectivity index (χ3n) is 4.38. The highest BCUT2D eigenvalue weighted by atomic mass is 35.5. The first kappa shape index (κ1) is 22.5. The largest absolute Gasteiger partial charge is 0.323 e. The maximum absolute atomic E-state index is 14.5. The molecule has 0 saturated heterocycles. The van der Waals surface area contributed by atoms with Gasteiger partial charge in [-0.2, -0.15) is 20.1 Å². The van der Waals surface area contributed by atoms with Crippen molar-refractivity contribution in [1.29, 1.82) is 0 Å². The van der Waals surface area contributed by atoms with Crippen LogP contribution in [0.15, 0.2) is 59.8 Å². The summed E-state index contributed by atoms with van der Waals surface area (Å²) in [5.41, 5.74) is 4.26. The van der Waals surface area contributed by atoms with Crippen molar-refractivity contribution < 1.29 is 8.78 Å². The van der Waals surface area contributed by atoms with Gasteiger partial charge in [0.05, 0.1) is 28.7 Å². The van der Waals surface area contributed by atoms with E-state index in [9.17, 15) is 8.78 Å². The first-order valence-corrected chi connectivity index (χ1v) is 10.3. The summed E-state index contributed by atoms with van der Waals surface area (Å²) < 4.78 is 28.2. The van der Waals surface area contributed by atoms with E-state index in [0.29, 0.717) is 22.0 Å². The molecule has 0 unspecified atom stereocenters. The lowest BCUT2D eigenvalue weighted by Crippen LogP contribution is -2.06. The van der Waals surface area contributed by atoms with Crippen molar-refractivity contribution in [3.05, 3.63) is 87.7 Å². The summed E-state index contributed by atoms with van der Waals surface area (Å²) in [5.74, 6) is -0.872. The van der Waals surface area contributed by atoms with Crippen LogP contribution in [0.4, 0.5) is 26.4 Å². The molecule has 4 rings (SSSR count). The van der Waals surface area contributed by atoms with Gasteiger partial charge in [0.15, 0.2) is 5.82 Å². The number of hydrazone groups is 1. The van der Waals surface area contributed by atoms with Gasteiger partial charge in [-0.25, -0.2) is 19.2 Å². The summed E-state index contributed by atoms with van der Waals surface area (Å²) in [7, 11) is 0. The average Bonchev–Trinajstić information content (AvgIpc) is 2.78. The summed E-state index contributed by atoms with van der Waals surface area (Å²) >= 11 is 12.0. The summed E-state index contributed by atoms with van der Waals surface area (Å²) in [6.07, 6.45) is 2.89. The zero-order chi connectivity index (χ0) is 23.4. The van der Waals surface area contributed by atoms with E-state index in [0.717, 1.165) is 0 Å². The Morgan fingerprint density at radius 1 is 0.939 bits per heavy atom. The fraction of sp³-hybridized carbons (Fsp3) is 0.0455. The van der Waals surface area contributed by atoms with E-state index in [1.807, 2.05) is 0 Å². The van der Waals surface area contributed by atoms with Gasteiger partial charge in [-0.3, -0.25) is 0 Å². The van der Waals surface area contributed by atoms with Crippen LogP contribution in [0.1, 0.15) is 11.1 Å². The number of pyridine rings is 1. The third kappa shape index (κ3) is 5.57. The topological polar surface area (TPSA) is 88.0 Å². The zero-order valence-corrected chi connectivity index (χ0v) is 18.5. The highest BCUT2D eigenvalue weighted by Gasteiger charge is 2.16. The van der Waals surface area contributed by atoms with E-state index >= 15 is 0 Å². The van der Waals surface area contributed by atoms with Crippen LogP contribution in [0.3, 0.4) is 0 Å². The average molecular weight is 486 g/mol. The molecule has 0 fully saturated rings. The number of hydrogen-bond donors (Lipinski definition) is 2. The van der Waals surface area contributed by atoms with Crippen molar-refractivity contribution in [2.24, 2.45) is 5.10 Å². The molecule has 2 N–H and O–H groups in total. The number of nitrogens with zero attached hydrogens (tertiary/aromatic N) is 5. The first-order valence-electron chi connectivity index (χ1n) is 9.53. The van der Waals surface area contributed by atoms with Crippen molar-refractivity contribution in [2.75, 3.05) is 10.7 Å². The Morgan fingerprint density at radius 2 is 1.76 bits per heavy atom. The number of halogens is 4. The van der Waals surface area contributed by atoms with Gasteiger partial charge in [0, 0.05) is 0 Å². The molecule has 33 heavy (non-hydrogen) atoms. The molecule has 2 heterocycles. The lowest BCUT2D eigenvalue weighted by molar-refractivity contribution is 0.618. The zero-order valence-electron chi connectivity index (χ0n) is 17.0. The molecule has 2 aromatic heterocycles. The molecular weight excluding hydrogens is 471 g/mol. The molecule has 0 saturated carbocycles. The molecule has 0 amide bonds. The van der Waals surface area contributed by atoms with Crippen LogP contribution in [0.25, 0.3) is 11.4 Å². The van der Waals surface area contributed by atoms with Crippen LogP contribution in [0.5, 0.6) is 0 Å². The summed E-state index contributed by atoms with van der Waals surface area (Å²) in [6, 6.07) is 12.2. The SMILES string of the molecule is Cc1ccc(/C=N/Nc2nc(Nc3ccc(Cl)nc3)nc(-c3c(F)cccc3Cl)n2)cc1F. The van der Waals surface area contributed by atoms with E-state index in [1.165, 1.54) is 36.7 Å². The van der Waals surface area contributed by atoms with Gasteiger partial charge >= 0.3 is 0 Å². The third-order valence-corrected chi connectivity index (χ3v) is 4.92. The van der Waals surface area contributed by atoms with Gasteiger partial charge in [-0.15, -0.1) is 0 Å². The van der Waals surface area contributed by atoms with Crippen molar-refractivity contribution in [3.8, 4) is 11.4 Å².